The highest BCUT2D eigenvalue weighted by Gasteiger charge is 2.13. The molecule has 3 aromatic carbocycles. The maximum atomic E-state index is 6.13. The van der Waals surface area contributed by atoms with Crippen molar-refractivity contribution in [1.82, 2.24) is 4.98 Å². The van der Waals surface area contributed by atoms with Gasteiger partial charge in [-0.25, -0.2) is 0 Å². The van der Waals surface area contributed by atoms with Crippen LogP contribution in [0.5, 0.6) is 11.8 Å². The number of pyridine rings is 1. The third kappa shape index (κ3) is 4.82. The minimum absolute atomic E-state index is 0.453. The van der Waals surface area contributed by atoms with Gasteiger partial charge in [0.15, 0.2) is 0 Å². The van der Waals surface area contributed by atoms with Gasteiger partial charge in [0.2, 0.25) is 11.8 Å². The van der Waals surface area contributed by atoms with Crippen molar-refractivity contribution in [3.8, 4) is 22.9 Å². The Balaban J connectivity index is 1.61. The highest BCUT2D eigenvalue weighted by Crippen LogP contribution is 2.33. The van der Waals surface area contributed by atoms with E-state index in [0.717, 1.165) is 22.3 Å². The third-order valence-electron chi connectivity index (χ3n) is 4.72. The van der Waals surface area contributed by atoms with Crippen molar-refractivity contribution in [3.05, 3.63) is 114 Å². The third-order valence-corrected chi connectivity index (χ3v) is 4.72. The lowest BCUT2D eigenvalue weighted by Gasteiger charge is -2.14. The lowest BCUT2D eigenvalue weighted by molar-refractivity contribution is 0.268. The van der Waals surface area contributed by atoms with E-state index in [2.05, 4.69) is 24.0 Å². The van der Waals surface area contributed by atoms with Crippen molar-refractivity contribution in [2.75, 3.05) is 0 Å². The second-order valence-electron chi connectivity index (χ2n) is 6.87. The van der Waals surface area contributed by atoms with E-state index in [4.69, 9.17) is 9.47 Å². The van der Waals surface area contributed by atoms with Gasteiger partial charge in [0.25, 0.3) is 0 Å². The molecule has 0 radical (unpaired) electrons. The Hall–Kier alpha value is -3.59. The second-order valence-corrected chi connectivity index (χ2v) is 6.87. The minimum atomic E-state index is 0.453. The first-order valence-corrected chi connectivity index (χ1v) is 9.70. The van der Waals surface area contributed by atoms with Gasteiger partial charge in [-0.1, -0.05) is 84.9 Å². The number of nitrogens with zero attached hydrogens (tertiary/aromatic N) is 1. The Morgan fingerprint density at radius 2 is 1.17 bits per heavy atom. The molecule has 0 saturated heterocycles. The van der Waals surface area contributed by atoms with Gasteiger partial charge in [0.1, 0.15) is 13.2 Å². The Morgan fingerprint density at radius 3 is 1.83 bits per heavy atom. The maximum absolute atomic E-state index is 6.13. The molecule has 0 aliphatic carbocycles. The van der Waals surface area contributed by atoms with Crippen LogP contribution in [0.15, 0.2) is 97.1 Å². The summed E-state index contributed by atoms with van der Waals surface area (Å²) in [6.45, 7) is 3.01. The fraction of sp³-hybridized carbons (Fsp3) is 0.115. The first-order chi connectivity index (χ1) is 14.3. The van der Waals surface area contributed by atoms with E-state index in [1.165, 1.54) is 5.56 Å². The summed E-state index contributed by atoms with van der Waals surface area (Å²) < 4.78 is 12.0. The number of aromatic nitrogens is 1. The van der Waals surface area contributed by atoms with Gasteiger partial charge in [0.05, 0.1) is 0 Å². The molecule has 0 aliphatic heterocycles. The van der Waals surface area contributed by atoms with Crippen LogP contribution in [0.4, 0.5) is 0 Å². The fourth-order valence-electron chi connectivity index (χ4n) is 3.15. The molecule has 3 heteroatoms. The van der Waals surface area contributed by atoms with E-state index in [1.54, 1.807) is 0 Å². The van der Waals surface area contributed by atoms with Crippen LogP contribution in [0.1, 0.15) is 16.7 Å². The molecule has 0 spiro atoms. The van der Waals surface area contributed by atoms with Gasteiger partial charge in [0, 0.05) is 11.6 Å². The Bertz CT molecular complexity index is 1060. The van der Waals surface area contributed by atoms with Crippen molar-refractivity contribution >= 4 is 0 Å². The zero-order chi connectivity index (χ0) is 19.9. The number of aryl methyl sites for hydroxylation is 1. The first-order valence-electron chi connectivity index (χ1n) is 9.70. The van der Waals surface area contributed by atoms with Crippen LogP contribution in [-0.4, -0.2) is 4.98 Å². The van der Waals surface area contributed by atoms with Crippen molar-refractivity contribution in [2.45, 2.75) is 20.1 Å². The normalized spacial score (nSPS) is 10.5. The zero-order valence-electron chi connectivity index (χ0n) is 16.4. The van der Waals surface area contributed by atoms with Crippen LogP contribution < -0.4 is 9.47 Å². The summed E-state index contributed by atoms with van der Waals surface area (Å²) in [7, 11) is 0. The molecule has 29 heavy (non-hydrogen) atoms. The monoisotopic (exact) mass is 381 g/mol. The minimum Gasteiger partial charge on any atom is -0.473 e. The molecule has 0 unspecified atom stereocenters. The predicted octanol–water partition coefficient (Wildman–Crippen LogP) is 6.22. The molecule has 144 valence electrons. The summed E-state index contributed by atoms with van der Waals surface area (Å²) >= 11 is 0. The molecule has 1 aromatic heterocycles. The zero-order valence-corrected chi connectivity index (χ0v) is 16.4. The van der Waals surface area contributed by atoms with Gasteiger partial charge in [-0.2, -0.15) is 4.98 Å². The van der Waals surface area contributed by atoms with Crippen LogP contribution in [0.25, 0.3) is 11.1 Å². The Kier molecular flexibility index (Phi) is 5.87. The van der Waals surface area contributed by atoms with E-state index in [0.29, 0.717) is 25.0 Å². The van der Waals surface area contributed by atoms with Crippen LogP contribution in [0.3, 0.4) is 0 Å². The number of ether oxygens (including phenoxy) is 2. The summed E-state index contributed by atoms with van der Waals surface area (Å²) in [4.78, 5) is 4.68. The van der Waals surface area contributed by atoms with Crippen molar-refractivity contribution in [1.29, 1.82) is 0 Å². The summed E-state index contributed by atoms with van der Waals surface area (Å²) in [5.74, 6) is 1.13. The molecule has 0 aliphatic rings. The van der Waals surface area contributed by atoms with E-state index in [9.17, 15) is 0 Å². The number of hydrogen-bond donors (Lipinski definition) is 0. The first kappa shape index (κ1) is 18.8. The smallest absolute Gasteiger partial charge is 0.225 e. The lowest BCUT2D eigenvalue weighted by Crippen LogP contribution is -2.02. The van der Waals surface area contributed by atoms with Crippen molar-refractivity contribution < 1.29 is 9.47 Å². The topological polar surface area (TPSA) is 31.4 Å². The highest BCUT2D eigenvalue weighted by atomic mass is 16.5. The van der Waals surface area contributed by atoms with Crippen molar-refractivity contribution in [2.24, 2.45) is 0 Å². The van der Waals surface area contributed by atoms with E-state index in [1.807, 2.05) is 84.9 Å². The van der Waals surface area contributed by atoms with Gasteiger partial charge in [-0.3, -0.25) is 0 Å². The Labute approximate surface area is 171 Å². The van der Waals surface area contributed by atoms with E-state index in [-0.39, 0.29) is 0 Å². The summed E-state index contributed by atoms with van der Waals surface area (Å²) in [6.07, 6.45) is 0. The SMILES string of the molecule is Cc1ccccc1-c1ccc(OCc2ccccc2)nc1OCc1ccccc1. The largest absolute Gasteiger partial charge is 0.473 e. The molecule has 3 nitrogen and oxygen atoms in total. The molecule has 0 bridgehead atoms. The number of benzene rings is 3. The average molecular weight is 381 g/mol. The molecule has 0 amide bonds. The summed E-state index contributed by atoms with van der Waals surface area (Å²) in [5, 5.41) is 0. The lowest BCUT2D eigenvalue weighted by atomic mass is 10.0. The predicted molar refractivity (Wildman–Crippen MR) is 116 cm³/mol. The number of rotatable bonds is 7. The van der Waals surface area contributed by atoms with Crippen LogP contribution in [0, 0.1) is 6.92 Å². The fourth-order valence-corrected chi connectivity index (χ4v) is 3.15. The standard InChI is InChI=1S/C26H23NO2/c1-20-10-8-9-15-23(20)24-16-17-25(28-18-21-11-4-2-5-12-21)27-26(24)29-19-22-13-6-3-7-14-22/h2-17H,18-19H2,1H3. The second kappa shape index (κ2) is 9.07. The average Bonchev–Trinajstić information content (AvgIpc) is 2.78. The molecule has 0 fully saturated rings. The van der Waals surface area contributed by atoms with E-state index < -0.39 is 0 Å². The molecule has 4 aromatic rings. The van der Waals surface area contributed by atoms with Crippen LogP contribution >= 0.6 is 0 Å². The highest BCUT2D eigenvalue weighted by molar-refractivity contribution is 5.72. The van der Waals surface area contributed by atoms with Crippen LogP contribution in [0.2, 0.25) is 0 Å². The van der Waals surface area contributed by atoms with E-state index >= 15 is 0 Å². The van der Waals surface area contributed by atoms with Gasteiger partial charge in [-0.05, 0) is 35.2 Å². The molecular weight excluding hydrogens is 358 g/mol. The van der Waals surface area contributed by atoms with Crippen LogP contribution in [-0.2, 0) is 13.2 Å². The molecule has 0 N–H and O–H groups in total. The molecule has 0 atom stereocenters. The summed E-state index contributed by atoms with van der Waals surface area (Å²) in [5.41, 5.74) is 5.45. The molecule has 0 saturated carbocycles. The van der Waals surface area contributed by atoms with Crippen molar-refractivity contribution in [3.63, 3.8) is 0 Å². The summed E-state index contributed by atoms with van der Waals surface area (Å²) in [6, 6.07) is 32.4. The van der Waals surface area contributed by atoms with Gasteiger partial charge >= 0.3 is 0 Å². The number of hydrogen-bond acceptors (Lipinski definition) is 3. The molecule has 4 rings (SSSR count). The molecule has 1 heterocycles. The quantitative estimate of drug-likeness (QED) is 0.381. The maximum Gasteiger partial charge on any atom is 0.225 e. The van der Waals surface area contributed by atoms with Gasteiger partial charge < -0.3 is 9.47 Å². The molecular formula is C26H23NO2. The Morgan fingerprint density at radius 1 is 0.586 bits per heavy atom. The van der Waals surface area contributed by atoms with Gasteiger partial charge in [-0.15, -0.1) is 0 Å².